The fourth-order valence-electron chi connectivity index (χ4n) is 5.75. The van der Waals surface area contributed by atoms with Gasteiger partial charge < -0.3 is 14.5 Å². The molecular weight excluding hydrogens is 747 g/mol. The van der Waals surface area contributed by atoms with Crippen molar-refractivity contribution in [1.82, 2.24) is 4.98 Å². The van der Waals surface area contributed by atoms with Gasteiger partial charge in [0.15, 0.2) is 5.78 Å². The molecule has 5 heteroatoms. The molecule has 0 saturated heterocycles. The van der Waals surface area contributed by atoms with Crippen LogP contribution in [0.25, 0.3) is 65.5 Å². The number of hydrogen-bond acceptors (Lipinski definition) is 4. The molecule has 1 N–H and O–H groups in total. The molecule has 2 heterocycles. The zero-order valence-electron chi connectivity index (χ0n) is 27.0. The minimum Gasteiger partial charge on any atom is -0.512 e. The first-order valence-electron chi connectivity index (χ1n) is 15.6. The Labute approximate surface area is 283 Å². The van der Waals surface area contributed by atoms with E-state index in [1.807, 2.05) is 33.9 Å². The van der Waals surface area contributed by atoms with Crippen LogP contribution in [-0.2, 0) is 24.9 Å². The quantitative estimate of drug-likeness (QED) is 0.0817. The van der Waals surface area contributed by atoms with Crippen LogP contribution in [0, 0.1) is 17.9 Å². The Bertz CT molecular complexity index is 2240. The van der Waals surface area contributed by atoms with Crippen LogP contribution < -0.4 is 0 Å². The molecule has 0 unspecified atom stereocenters. The van der Waals surface area contributed by atoms with Crippen LogP contribution in [-0.4, -0.2) is 15.9 Å². The molecule has 46 heavy (non-hydrogen) atoms. The number of rotatable bonds is 5. The second-order valence-corrected chi connectivity index (χ2v) is 12.6. The second-order valence-electron chi connectivity index (χ2n) is 12.6. The summed E-state index contributed by atoms with van der Waals surface area (Å²) in [7, 11) is 0. The standard InChI is InChI=1S/C32H22NO.C9H16O2.Ir/c1-19(2)24-8-5-9-27-25(24)14-15-33-31(27)23-11-12-26-28-13-10-22-16-20-6-3-4-7-21(20)17-29(22)32(28)34-30(26)18-23;1-6(2)8(10)5-9(11)7(3)4;/h3-10,12-19H,1-2H3;5-7,10H,1-4H3;/q-1;;/b;8-5-;. The second kappa shape index (κ2) is 13.6. The number of benzene rings is 5. The Balaban J connectivity index is 0.000000302. The normalized spacial score (nSPS) is 12.0. The Kier molecular flexibility index (Phi) is 9.76. The fourth-order valence-corrected chi connectivity index (χ4v) is 5.75. The molecular formula is C41H38IrNO3-. The number of aromatic nitrogens is 1. The van der Waals surface area contributed by atoms with Gasteiger partial charge in [0.2, 0.25) is 0 Å². The van der Waals surface area contributed by atoms with Crippen molar-refractivity contribution in [3.8, 4) is 11.3 Å². The molecule has 0 aliphatic heterocycles. The average molecular weight is 785 g/mol. The zero-order valence-corrected chi connectivity index (χ0v) is 29.4. The summed E-state index contributed by atoms with van der Waals surface area (Å²) in [6.45, 7) is 11.8. The van der Waals surface area contributed by atoms with Gasteiger partial charge >= 0.3 is 0 Å². The van der Waals surface area contributed by atoms with Crippen LogP contribution in [0.5, 0.6) is 0 Å². The van der Waals surface area contributed by atoms with Gasteiger partial charge in [-0.05, 0) is 67.7 Å². The SMILES string of the molecule is CC(C)C(=O)/C=C(\O)C(C)C.CC(C)c1cccc2c(-c3[c-]cc4c(c3)oc3c5cc6ccccc6cc5ccc43)nccc12.[Ir]. The van der Waals surface area contributed by atoms with E-state index < -0.39 is 0 Å². The maximum Gasteiger partial charge on any atom is 0.161 e. The third-order valence-electron chi connectivity index (χ3n) is 8.42. The van der Waals surface area contributed by atoms with E-state index >= 15 is 0 Å². The van der Waals surface area contributed by atoms with Crippen LogP contribution in [0.1, 0.15) is 53.0 Å². The van der Waals surface area contributed by atoms with E-state index in [1.165, 1.54) is 33.2 Å². The summed E-state index contributed by atoms with van der Waals surface area (Å²) in [6, 6.07) is 33.5. The van der Waals surface area contributed by atoms with Crippen molar-refractivity contribution in [2.24, 2.45) is 11.8 Å². The van der Waals surface area contributed by atoms with E-state index in [2.05, 4.69) is 105 Å². The van der Waals surface area contributed by atoms with E-state index in [1.54, 1.807) is 0 Å². The molecule has 0 spiro atoms. The number of furan rings is 1. The fraction of sp³-hybridized carbons (Fsp3) is 0.220. The molecule has 235 valence electrons. The van der Waals surface area contributed by atoms with Gasteiger partial charge in [-0.15, -0.1) is 17.7 Å². The topological polar surface area (TPSA) is 63.3 Å². The van der Waals surface area contributed by atoms with Crippen LogP contribution >= 0.6 is 0 Å². The molecule has 0 aliphatic carbocycles. The number of nitrogens with zero attached hydrogens (tertiary/aromatic N) is 1. The number of carbonyl (C=O) groups excluding carboxylic acids is 1. The molecule has 0 aliphatic rings. The number of pyridine rings is 1. The summed E-state index contributed by atoms with van der Waals surface area (Å²) < 4.78 is 6.50. The van der Waals surface area contributed by atoms with Gasteiger partial charge in [0.05, 0.1) is 11.3 Å². The first-order chi connectivity index (χ1) is 21.6. The molecule has 7 rings (SSSR count). The number of ketones is 1. The monoisotopic (exact) mass is 785 g/mol. The maximum absolute atomic E-state index is 11.0. The molecule has 0 bridgehead atoms. The van der Waals surface area contributed by atoms with Gasteiger partial charge in [0.25, 0.3) is 0 Å². The maximum atomic E-state index is 11.0. The van der Waals surface area contributed by atoms with Crippen LogP contribution in [0.4, 0.5) is 0 Å². The van der Waals surface area contributed by atoms with Gasteiger partial charge in [-0.25, -0.2) is 0 Å². The van der Waals surface area contributed by atoms with E-state index in [0.717, 1.165) is 44.0 Å². The molecule has 0 fully saturated rings. The number of hydrogen-bond donors (Lipinski definition) is 1. The van der Waals surface area contributed by atoms with Crippen molar-refractivity contribution >= 4 is 60.0 Å². The van der Waals surface area contributed by atoms with E-state index in [-0.39, 0.29) is 43.5 Å². The van der Waals surface area contributed by atoms with Crippen LogP contribution in [0.3, 0.4) is 0 Å². The number of fused-ring (bicyclic) bond motifs is 7. The zero-order chi connectivity index (χ0) is 31.8. The predicted molar refractivity (Wildman–Crippen MR) is 188 cm³/mol. The smallest absolute Gasteiger partial charge is 0.161 e. The number of aliphatic hydroxyl groups excluding tert-OH is 1. The predicted octanol–water partition coefficient (Wildman–Crippen LogP) is 11.3. The number of aliphatic hydroxyl groups is 1. The molecule has 2 aromatic heterocycles. The molecule has 0 saturated carbocycles. The summed E-state index contributed by atoms with van der Waals surface area (Å²) >= 11 is 0. The van der Waals surface area contributed by atoms with E-state index in [0.29, 0.717) is 5.92 Å². The molecule has 4 nitrogen and oxygen atoms in total. The summed E-state index contributed by atoms with van der Waals surface area (Å²) in [5.74, 6) is 0.610. The van der Waals surface area contributed by atoms with Crippen LogP contribution in [0.2, 0.25) is 0 Å². The van der Waals surface area contributed by atoms with E-state index in [9.17, 15) is 9.90 Å². The van der Waals surface area contributed by atoms with E-state index in [4.69, 9.17) is 9.40 Å². The van der Waals surface area contributed by atoms with Crippen molar-refractivity contribution in [1.29, 1.82) is 0 Å². The Morgan fingerprint density at radius 2 is 1.50 bits per heavy atom. The van der Waals surface area contributed by atoms with Crippen LogP contribution in [0.15, 0.2) is 107 Å². The first-order valence-corrected chi connectivity index (χ1v) is 15.6. The van der Waals surface area contributed by atoms with Crippen molar-refractivity contribution in [2.75, 3.05) is 0 Å². The van der Waals surface area contributed by atoms with Gasteiger partial charge in [-0.3, -0.25) is 4.79 Å². The molecule has 7 aromatic rings. The van der Waals surface area contributed by atoms with Gasteiger partial charge in [-0.1, -0.05) is 108 Å². The molecule has 5 aromatic carbocycles. The summed E-state index contributed by atoms with van der Waals surface area (Å²) in [5.41, 5.74) is 5.02. The molecule has 1 radical (unpaired) electrons. The van der Waals surface area contributed by atoms with Crippen molar-refractivity contribution < 1.29 is 34.4 Å². The van der Waals surface area contributed by atoms with Gasteiger partial charge in [0.1, 0.15) is 5.58 Å². The number of carbonyl (C=O) groups is 1. The third kappa shape index (κ3) is 6.35. The van der Waals surface area contributed by atoms with Gasteiger partial charge in [-0.2, -0.15) is 0 Å². The van der Waals surface area contributed by atoms with Crippen molar-refractivity contribution in [3.05, 3.63) is 115 Å². The Hall–Kier alpha value is -4.31. The Morgan fingerprint density at radius 3 is 2.20 bits per heavy atom. The number of allylic oxidation sites excluding steroid dienone is 2. The van der Waals surface area contributed by atoms with Crippen molar-refractivity contribution in [2.45, 2.75) is 47.5 Å². The molecule has 0 atom stereocenters. The molecule has 0 amide bonds. The minimum absolute atomic E-state index is 0. The Morgan fingerprint density at radius 1 is 0.761 bits per heavy atom. The third-order valence-corrected chi connectivity index (χ3v) is 8.42. The van der Waals surface area contributed by atoms with Crippen molar-refractivity contribution in [3.63, 3.8) is 0 Å². The minimum atomic E-state index is -0.0316. The summed E-state index contributed by atoms with van der Waals surface area (Å²) in [5, 5.41) is 18.6. The average Bonchev–Trinajstić information content (AvgIpc) is 3.41. The first kappa shape index (κ1) is 33.1. The van der Waals surface area contributed by atoms with Gasteiger partial charge in [0, 0.05) is 49.6 Å². The summed E-state index contributed by atoms with van der Waals surface area (Å²) in [6.07, 6.45) is 3.22. The largest absolute Gasteiger partial charge is 0.512 e. The summed E-state index contributed by atoms with van der Waals surface area (Å²) in [4.78, 5) is 15.8.